The molecule has 0 saturated heterocycles. The molecular weight excluding hydrogens is 402 g/mol. The van der Waals surface area contributed by atoms with E-state index in [2.05, 4.69) is 75.6 Å². The highest BCUT2D eigenvalue weighted by Crippen LogP contribution is 2.33. The van der Waals surface area contributed by atoms with E-state index in [1.807, 2.05) is 48.5 Å². The van der Waals surface area contributed by atoms with Crippen molar-refractivity contribution < 1.29 is 0 Å². The number of benzene rings is 4. The molecule has 3 nitrogen and oxygen atoms in total. The highest BCUT2D eigenvalue weighted by Gasteiger charge is 2.11. The Hall–Kier alpha value is -3.82. The van der Waals surface area contributed by atoms with Crippen LogP contribution in [0.15, 0.2) is 109 Å². The third-order valence-corrected chi connectivity index (χ3v) is 5.28. The lowest BCUT2D eigenvalue weighted by atomic mass is 9.94. The van der Waals surface area contributed by atoms with Gasteiger partial charge >= 0.3 is 0 Å². The van der Waals surface area contributed by atoms with E-state index >= 15 is 0 Å². The topological polar surface area (TPSA) is 38.7 Å². The number of halogens is 1. The van der Waals surface area contributed by atoms with Crippen LogP contribution in [0.25, 0.3) is 45.0 Å². The van der Waals surface area contributed by atoms with Gasteiger partial charge in [0.15, 0.2) is 11.6 Å². The maximum Gasteiger partial charge on any atom is 0.226 e. The first-order valence-corrected chi connectivity index (χ1v) is 10.4. The van der Waals surface area contributed by atoms with Gasteiger partial charge in [-0.25, -0.2) is 4.98 Å². The van der Waals surface area contributed by atoms with Gasteiger partial charge in [-0.05, 0) is 33.9 Å². The van der Waals surface area contributed by atoms with Crippen LogP contribution in [0, 0.1) is 0 Å². The van der Waals surface area contributed by atoms with E-state index in [4.69, 9.17) is 11.6 Å². The Morgan fingerprint density at radius 3 is 1.32 bits per heavy atom. The minimum Gasteiger partial charge on any atom is -0.208 e. The first-order chi connectivity index (χ1) is 15.3. The van der Waals surface area contributed by atoms with Crippen molar-refractivity contribution in [1.29, 1.82) is 0 Å². The van der Waals surface area contributed by atoms with Gasteiger partial charge in [0.2, 0.25) is 5.28 Å². The first kappa shape index (κ1) is 19.2. The van der Waals surface area contributed by atoms with E-state index < -0.39 is 0 Å². The third-order valence-electron chi connectivity index (χ3n) is 5.11. The van der Waals surface area contributed by atoms with Gasteiger partial charge in [-0.3, -0.25) is 0 Å². The van der Waals surface area contributed by atoms with E-state index in [-0.39, 0.29) is 5.28 Å². The number of hydrogen-bond donors (Lipinski definition) is 0. The Bertz CT molecular complexity index is 1320. The maximum atomic E-state index is 6.20. The van der Waals surface area contributed by atoms with E-state index in [0.29, 0.717) is 11.6 Å². The Balaban J connectivity index is 1.52. The molecule has 4 aromatic carbocycles. The van der Waals surface area contributed by atoms with Crippen molar-refractivity contribution in [3.63, 3.8) is 0 Å². The average Bonchev–Trinajstić information content (AvgIpc) is 2.85. The quantitative estimate of drug-likeness (QED) is 0.309. The van der Waals surface area contributed by atoms with Crippen molar-refractivity contribution in [1.82, 2.24) is 15.0 Å². The molecule has 31 heavy (non-hydrogen) atoms. The summed E-state index contributed by atoms with van der Waals surface area (Å²) in [6, 6.07) is 36.8. The SMILES string of the molecule is Clc1nc(-c2ccccc2)nc(-c2ccc(-c3ccccc3-c3ccccc3)cc2)n1. The van der Waals surface area contributed by atoms with Crippen molar-refractivity contribution in [2.75, 3.05) is 0 Å². The molecule has 4 heteroatoms. The number of aromatic nitrogens is 3. The first-order valence-electron chi connectivity index (χ1n) is 10.0. The molecular formula is C27H18ClN3. The summed E-state index contributed by atoms with van der Waals surface area (Å²) in [7, 11) is 0. The Morgan fingerprint density at radius 1 is 0.387 bits per heavy atom. The second-order valence-electron chi connectivity index (χ2n) is 7.11. The molecule has 0 unspecified atom stereocenters. The molecule has 0 aliphatic rings. The van der Waals surface area contributed by atoms with Crippen LogP contribution in [0.1, 0.15) is 0 Å². The lowest BCUT2D eigenvalue weighted by Gasteiger charge is -2.11. The summed E-state index contributed by atoms with van der Waals surface area (Å²) in [6.45, 7) is 0. The molecule has 0 N–H and O–H groups in total. The van der Waals surface area contributed by atoms with E-state index in [1.165, 1.54) is 16.7 Å². The van der Waals surface area contributed by atoms with Gasteiger partial charge in [-0.15, -0.1) is 0 Å². The Kier molecular flexibility index (Phi) is 5.26. The summed E-state index contributed by atoms with van der Waals surface area (Å²) in [4.78, 5) is 13.3. The summed E-state index contributed by atoms with van der Waals surface area (Å²) in [5.41, 5.74) is 6.50. The van der Waals surface area contributed by atoms with Gasteiger partial charge in [0.25, 0.3) is 0 Å². The number of rotatable bonds is 4. The molecule has 0 fully saturated rings. The van der Waals surface area contributed by atoms with E-state index in [9.17, 15) is 0 Å². The van der Waals surface area contributed by atoms with Crippen LogP contribution in [0.2, 0.25) is 5.28 Å². The molecule has 0 aliphatic heterocycles. The fraction of sp³-hybridized carbons (Fsp3) is 0. The molecule has 1 aromatic heterocycles. The van der Waals surface area contributed by atoms with Crippen molar-refractivity contribution in [2.24, 2.45) is 0 Å². The zero-order chi connectivity index (χ0) is 21.0. The van der Waals surface area contributed by atoms with Crippen molar-refractivity contribution in [3.05, 3.63) is 114 Å². The highest BCUT2D eigenvalue weighted by atomic mass is 35.5. The zero-order valence-corrected chi connectivity index (χ0v) is 17.4. The molecule has 0 aliphatic carbocycles. The summed E-state index contributed by atoms with van der Waals surface area (Å²) in [6.07, 6.45) is 0. The molecule has 0 amide bonds. The van der Waals surface area contributed by atoms with Crippen molar-refractivity contribution in [3.8, 4) is 45.0 Å². The van der Waals surface area contributed by atoms with Crippen LogP contribution in [0.5, 0.6) is 0 Å². The molecule has 0 saturated carbocycles. The molecule has 0 radical (unpaired) electrons. The standard InChI is InChI=1S/C27H18ClN3/c28-27-30-25(21-11-5-2-6-12-21)29-26(31-27)22-17-15-20(16-18-22)24-14-8-7-13-23(24)19-9-3-1-4-10-19/h1-18H. The van der Waals surface area contributed by atoms with Gasteiger partial charge in [0, 0.05) is 11.1 Å². The third kappa shape index (κ3) is 4.09. The van der Waals surface area contributed by atoms with Gasteiger partial charge in [0.05, 0.1) is 0 Å². The van der Waals surface area contributed by atoms with Gasteiger partial charge in [-0.2, -0.15) is 9.97 Å². The predicted molar refractivity (Wildman–Crippen MR) is 127 cm³/mol. The normalized spacial score (nSPS) is 10.7. The summed E-state index contributed by atoms with van der Waals surface area (Å²) >= 11 is 6.20. The number of nitrogens with zero attached hydrogens (tertiary/aromatic N) is 3. The van der Waals surface area contributed by atoms with E-state index in [0.717, 1.165) is 16.7 Å². The molecule has 1 heterocycles. The fourth-order valence-electron chi connectivity index (χ4n) is 3.60. The summed E-state index contributed by atoms with van der Waals surface area (Å²) < 4.78 is 0. The second-order valence-corrected chi connectivity index (χ2v) is 7.44. The molecule has 0 atom stereocenters. The maximum absolute atomic E-state index is 6.20. The van der Waals surface area contributed by atoms with Crippen LogP contribution in [0.3, 0.4) is 0 Å². The summed E-state index contributed by atoms with van der Waals surface area (Å²) in [5.74, 6) is 1.12. The summed E-state index contributed by atoms with van der Waals surface area (Å²) in [5, 5.41) is 0.183. The molecule has 0 bridgehead atoms. The van der Waals surface area contributed by atoms with Gasteiger partial charge in [-0.1, -0.05) is 109 Å². The zero-order valence-electron chi connectivity index (χ0n) is 16.6. The van der Waals surface area contributed by atoms with Crippen LogP contribution >= 0.6 is 11.6 Å². The van der Waals surface area contributed by atoms with Crippen molar-refractivity contribution in [2.45, 2.75) is 0 Å². The van der Waals surface area contributed by atoms with Crippen molar-refractivity contribution >= 4 is 11.6 Å². The van der Waals surface area contributed by atoms with Gasteiger partial charge < -0.3 is 0 Å². The molecule has 148 valence electrons. The predicted octanol–water partition coefficient (Wildman–Crippen LogP) is 7.19. The Morgan fingerprint density at radius 2 is 0.774 bits per heavy atom. The van der Waals surface area contributed by atoms with Crippen LogP contribution < -0.4 is 0 Å². The lowest BCUT2D eigenvalue weighted by Crippen LogP contribution is -1.97. The largest absolute Gasteiger partial charge is 0.226 e. The average molecular weight is 420 g/mol. The van der Waals surface area contributed by atoms with Gasteiger partial charge in [0.1, 0.15) is 0 Å². The number of hydrogen-bond acceptors (Lipinski definition) is 3. The molecule has 5 rings (SSSR count). The Labute approximate surface area is 186 Å². The smallest absolute Gasteiger partial charge is 0.208 e. The monoisotopic (exact) mass is 419 g/mol. The van der Waals surface area contributed by atoms with E-state index in [1.54, 1.807) is 0 Å². The molecule has 5 aromatic rings. The minimum absolute atomic E-state index is 0.183. The van der Waals surface area contributed by atoms with Crippen LogP contribution in [-0.4, -0.2) is 15.0 Å². The fourth-order valence-corrected chi connectivity index (χ4v) is 3.76. The van der Waals surface area contributed by atoms with Crippen LogP contribution in [0.4, 0.5) is 0 Å². The molecule has 0 spiro atoms. The second kappa shape index (κ2) is 8.50. The minimum atomic E-state index is 0.183. The lowest BCUT2D eigenvalue weighted by molar-refractivity contribution is 1.07. The van der Waals surface area contributed by atoms with Crippen LogP contribution in [-0.2, 0) is 0 Å². The highest BCUT2D eigenvalue weighted by molar-refractivity contribution is 6.28.